The van der Waals surface area contributed by atoms with Gasteiger partial charge in [-0.15, -0.1) is 15.3 Å². The van der Waals surface area contributed by atoms with Crippen LogP contribution in [0.5, 0.6) is 23.0 Å². The van der Waals surface area contributed by atoms with Crippen LogP contribution in [0.25, 0.3) is 22.9 Å². The smallest absolute Gasteiger partial charge is 0.296 e. The van der Waals surface area contributed by atoms with Gasteiger partial charge in [-0.05, 0) is 83.2 Å². The van der Waals surface area contributed by atoms with Gasteiger partial charge in [-0.2, -0.15) is 40.6 Å². The van der Waals surface area contributed by atoms with Gasteiger partial charge in [0.15, 0.2) is 5.75 Å². The van der Waals surface area contributed by atoms with Crippen molar-refractivity contribution in [1.29, 1.82) is 0 Å². The maximum atomic E-state index is 12.4. The first-order valence-corrected chi connectivity index (χ1v) is 21.2. The summed E-state index contributed by atoms with van der Waals surface area (Å²) in [4.78, 5) is 7.80. The number of ether oxygens (including phenoxy) is 1. The summed E-state index contributed by atoms with van der Waals surface area (Å²) in [5.74, 6) is -1.43. The molecule has 0 amide bonds. The number of azo groups is 3. The second-order valence-electron chi connectivity index (χ2n) is 12.6. The fraction of sp³-hybridized carbons (Fsp3) is 0.0270. The number of rotatable bonds is 13. The third-order valence-electron chi connectivity index (χ3n) is 8.45. The van der Waals surface area contributed by atoms with Gasteiger partial charge in [0.1, 0.15) is 49.0 Å². The summed E-state index contributed by atoms with van der Waals surface area (Å²) in [5, 5.41) is 66.3. The van der Waals surface area contributed by atoms with Crippen LogP contribution in [0.1, 0.15) is 11.1 Å². The van der Waals surface area contributed by atoms with Crippen molar-refractivity contribution in [3.8, 4) is 23.0 Å². The first-order chi connectivity index (χ1) is 29.1. The molecule has 0 bridgehead atoms. The summed E-state index contributed by atoms with van der Waals surface area (Å²) in [6.45, 7) is 0. The van der Waals surface area contributed by atoms with Crippen molar-refractivity contribution < 1.29 is 81.0 Å². The molecule has 0 saturated carbocycles. The number of phenols is 3. The van der Waals surface area contributed by atoms with Crippen LogP contribution in [0.15, 0.2) is 142 Å². The molecule has 6 aromatic carbocycles. The molecule has 6 rings (SSSR count). The number of aromatic hydroxyl groups is 3. The molecule has 0 heterocycles. The summed E-state index contributed by atoms with van der Waals surface area (Å²) in [6, 6.07) is 18.9. The van der Waals surface area contributed by atoms with Crippen molar-refractivity contribution in [3.63, 3.8) is 0 Å². The molecule has 0 atom stereocenters. The van der Waals surface area contributed by atoms with Gasteiger partial charge in [0.05, 0.1) is 29.1 Å². The molecule has 6 N–H and O–H groups in total. The Morgan fingerprint density at radius 3 is 1.71 bits per heavy atom. The largest absolute Gasteiger partial charge is 0.508 e. The Bertz CT molecular complexity index is 3270. The minimum atomic E-state index is -5.04. The number of nitro groups is 1. The zero-order valence-electron chi connectivity index (χ0n) is 31.4. The third-order valence-corrected chi connectivity index (χ3v) is 11.1. The SMILES string of the molecule is COc1cc(N=Nc2c(S(=O)(=O)O)cc3cc(N=Nc4ccc(O)cc4)ccc3c2O)c(O)cc1N=Nc1ccc(/C=C/c2ccc([N+](=O)[O-])cc2S(=O)(=O)O)c(S(=O)(=O)O)c1.[Cu]. The Hall–Kier alpha value is -7.03. The molecule has 0 aliphatic carbocycles. The van der Waals surface area contributed by atoms with E-state index in [2.05, 4.69) is 30.7 Å². The topological polar surface area (TPSA) is 350 Å². The average Bonchev–Trinajstić information content (AvgIpc) is 3.20. The van der Waals surface area contributed by atoms with Crippen LogP contribution < -0.4 is 4.74 Å². The molecule has 0 aromatic heterocycles. The molecule has 1 radical (unpaired) electrons. The molecule has 0 saturated heterocycles. The number of phenolic OH excluding ortho intramolecular Hbond substituents is 3. The van der Waals surface area contributed by atoms with E-state index < -0.39 is 72.8 Å². The second-order valence-corrected chi connectivity index (χ2v) is 16.7. The summed E-state index contributed by atoms with van der Waals surface area (Å²) in [6.07, 6.45) is 2.08. The zero-order valence-corrected chi connectivity index (χ0v) is 34.8. The Morgan fingerprint density at radius 1 is 0.587 bits per heavy atom. The van der Waals surface area contributed by atoms with Crippen LogP contribution in [-0.2, 0) is 47.4 Å². The van der Waals surface area contributed by atoms with E-state index >= 15 is 0 Å². The molecular formula is C37H27CuN7O15S3. The van der Waals surface area contributed by atoms with E-state index in [1.165, 1.54) is 55.6 Å². The molecule has 63 heavy (non-hydrogen) atoms. The van der Waals surface area contributed by atoms with E-state index in [-0.39, 0.29) is 73.2 Å². The summed E-state index contributed by atoms with van der Waals surface area (Å²) in [7, 11) is -13.8. The standard InChI is InChI=1S/C37H27N7O15S3.Cu/c1-59-32-19-29(41-43-36-35(62(56,57)58)15-22-14-24(9-13-28(22)37(36)47)39-38-23-7-11-27(45)12-8-23)31(46)18-30(32)42-40-25-6-4-20(33(16-25)60(50,51)52)2-3-21-5-10-26(44(48)49)17-34(21)61(53,54)55;/h2-19,45-47H,1H3,(H,50,51,52)(H,53,54,55)(H,56,57,58);/b3-2+,39-38?,42-40?,43-41?;. The fourth-order valence-corrected chi connectivity index (χ4v) is 7.60. The van der Waals surface area contributed by atoms with Crippen LogP contribution in [0.2, 0.25) is 0 Å². The number of hydrogen-bond donors (Lipinski definition) is 6. The van der Waals surface area contributed by atoms with E-state index in [9.17, 15) is 64.3 Å². The van der Waals surface area contributed by atoms with Gasteiger partial charge in [0, 0.05) is 46.7 Å². The van der Waals surface area contributed by atoms with Crippen molar-refractivity contribution >= 4 is 93.1 Å². The van der Waals surface area contributed by atoms with Crippen molar-refractivity contribution in [1.82, 2.24) is 0 Å². The fourth-order valence-electron chi connectivity index (χ4n) is 5.54. The first-order valence-electron chi connectivity index (χ1n) is 16.9. The van der Waals surface area contributed by atoms with Gasteiger partial charge in [0.2, 0.25) is 0 Å². The predicted molar refractivity (Wildman–Crippen MR) is 219 cm³/mol. The zero-order chi connectivity index (χ0) is 45.1. The molecule has 0 aliphatic rings. The van der Waals surface area contributed by atoms with E-state index in [0.29, 0.717) is 11.8 Å². The molecule has 329 valence electrons. The van der Waals surface area contributed by atoms with Gasteiger partial charge in [-0.1, -0.05) is 18.2 Å². The molecule has 0 spiro atoms. The van der Waals surface area contributed by atoms with Crippen molar-refractivity contribution in [2.75, 3.05) is 7.11 Å². The van der Waals surface area contributed by atoms with Gasteiger partial charge < -0.3 is 20.1 Å². The number of nitro benzene ring substituents is 1. The van der Waals surface area contributed by atoms with Crippen LogP contribution in [-0.4, -0.2) is 66.3 Å². The predicted octanol–water partition coefficient (Wildman–Crippen LogP) is 9.03. The Kier molecular flexibility index (Phi) is 13.8. The van der Waals surface area contributed by atoms with Gasteiger partial charge >= 0.3 is 0 Å². The van der Waals surface area contributed by atoms with Crippen LogP contribution in [0.3, 0.4) is 0 Å². The van der Waals surface area contributed by atoms with Crippen molar-refractivity contribution in [2.24, 2.45) is 30.7 Å². The normalized spacial score (nSPS) is 12.4. The van der Waals surface area contributed by atoms with E-state index in [1.807, 2.05) is 0 Å². The number of hydrogen-bond acceptors (Lipinski definition) is 18. The van der Waals surface area contributed by atoms with Gasteiger partial charge in [-0.25, -0.2) is 0 Å². The van der Waals surface area contributed by atoms with E-state index in [4.69, 9.17) is 4.74 Å². The molecule has 0 unspecified atom stereocenters. The number of methoxy groups -OCH3 is 1. The minimum absolute atomic E-state index is 0. The Labute approximate surface area is 366 Å². The first kappa shape index (κ1) is 47.0. The maximum Gasteiger partial charge on any atom is 0.296 e. The summed E-state index contributed by atoms with van der Waals surface area (Å²) >= 11 is 0. The number of non-ortho nitro benzene ring substituents is 1. The summed E-state index contributed by atoms with van der Waals surface area (Å²) < 4.78 is 108. The number of benzene rings is 6. The monoisotopic (exact) mass is 968 g/mol. The second kappa shape index (κ2) is 18.5. The number of nitrogens with zero attached hydrogens (tertiary/aromatic N) is 7. The summed E-state index contributed by atoms with van der Waals surface area (Å²) in [5.41, 5.74) is -1.85. The van der Waals surface area contributed by atoms with Crippen molar-refractivity contribution in [3.05, 3.63) is 118 Å². The van der Waals surface area contributed by atoms with Gasteiger partial charge in [-0.3, -0.25) is 23.8 Å². The van der Waals surface area contributed by atoms with Crippen LogP contribution in [0.4, 0.5) is 39.8 Å². The van der Waals surface area contributed by atoms with E-state index in [0.717, 1.165) is 54.6 Å². The van der Waals surface area contributed by atoms with Crippen LogP contribution >= 0.6 is 0 Å². The molecule has 22 nitrogen and oxygen atoms in total. The molecule has 0 fully saturated rings. The molecule has 6 aromatic rings. The molecular weight excluding hydrogens is 942 g/mol. The average molecular weight is 969 g/mol. The quantitative estimate of drug-likeness (QED) is 0.0157. The Morgan fingerprint density at radius 2 is 1.11 bits per heavy atom. The minimum Gasteiger partial charge on any atom is -0.508 e. The molecule has 26 heteroatoms. The third kappa shape index (κ3) is 11.1. The van der Waals surface area contributed by atoms with E-state index in [1.54, 1.807) is 0 Å². The van der Waals surface area contributed by atoms with Crippen molar-refractivity contribution in [2.45, 2.75) is 14.7 Å². The van der Waals surface area contributed by atoms with Crippen LogP contribution in [0, 0.1) is 10.1 Å². The van der Waals surface area contributed by atoms with Gasteiger partial charge in [0.25, 0.3) is 36.0 Å². The Balaban J connectivity index is 0.00000748. The number of fused-ring (bicyclic) bond motifs is 1. The maximum absolute atomic E-state index is 12.4. The molecule has 0 aliphatic heterocycles.